The molecule has 162 valence electrons. The van der Waals surface area contributed by atoms with Gasteiger partial charge in [-0.05, 0) is 50.2 Å². The number of para-hydroxylation sites is 1. The Bertz CT molecular complexity index is 1300. The van der Waals surface area contributed by atoms with Crippen LogP contribution in [-0.2, 0) is 4.74 Å². The molecular formula is C24H21N3O4S. The van der Waals surface area contributed by atoms with Gasteiger partial charge in [0, 0.05) is 10.9 Å². The van der Waals surface area contributed by atoms with Gasteiger partial charge in [-0.2, -0.15) is 0 Å². The van der Waals surface area contributed by atoms with Gasteiger partial charge in [0.05, 0.1) is 36.2 Å². The second-order valence-corrected chi connectivity index (χ2v) is 7.91. The summed E-state index contributed by atoms with van der Waals surface area (Å²) in [6.45, 7) is 3.73. The normalized spacial score (nSPS) is 10.7. The van der Waals surface area contributed by atoms with Gasteiger partial charge >= 0.3 is 5.97 Å². The molecule has 2 aromatic heterocycles. The molecule has 32 heavy (non-hydrogen) atoms. The second-order valence-electron chi connectivity index (χ2n) is 6.91. The first-order valence-corrected chi connectivity index (χ1v) is 10.8. The highest BCUT2D eigenvalue weighted by Gasteiger charge is 2.20. The first-order chi connectivity index (χ1) is 15.5. The number of esters is 1. The smallest absolute Gasteiger partial charge is 0.350 e. The molecule has 8 heteroatoms. The quantitative estimate of drug-likeness (QED) is 0.413. The molecule has 4 aromatic rings. The van der Waals surface area contributed by atoms with Crippen molar-refractivity contribution in [2.75, 3.05) is 19.0 Å². The molecular weight excluding hydrogens is 426 g/mol. The fourth-order valence-corrected chi connectivity index (χ4v) is 4.13. The number of nitrogens with one attached hydrogen (secondary N) is 1. The number of aromatic nitrogens is 2. The number of anilines is 1. The topological polar surface area (TPSA) is 90.4 Å². The van der Waals surface area contributed by atoms with E-state index in [9.17, 15) is 9.59 Å². The summed E-state index contributed by atoms with van der Waals surface area (Å²) in [6, 6.07) is 16.7. The predicted molar refractivity (Wildman–Crippen MR) is 124 cm³/mol. The zero-order chi connectivity index (χ0) is 22.7. The van der Waals surface area contributed by atoms with Crippen LogP contribution in [0.1, 0.15) is 32.6 Å². The summed E-state index contributed by atoms with van der Waals surface area (Å²) in [5.41, 5.74) is 3.21. The van der Waals surface area contributed by atoms with E-state index in [1.165, 1.54) is 0 Å². The van der Waals surface area contributed by atoms with Gasteiger partial charge in [-0.3, -0.25) is 10.1 Å². The van der Waals surface area contributed by atoms with E-state index in [1.807, 2.05) is 48.5 Å². The number of hydrogen-bond acceptors (Lipinski definition) is 7. The van der Waals surface area contributed by atoms with E-state index in [2.05, 4.69) is 10.3 Å². The minimum Gasteiger partial charge on any atom is -0.497 e. The molecule has 7 nitrogen and oxygen atoms in total. The maximum absolute atomic E-state index is 13.2. The number of benzene rings is 2. The van der Waals surface area contributed by atoms with E-state index >= 15 is 0 Å². The third-order valence-electron chi connectivity index (χ3n) is 4.82. The number of carbonyl (C=O) groups excluding carboxylic acids is 2. The third kappa shape index (κ3) is 4.31. The molecule has 2 heterocycles. The van der Waals surface area contributed by atoms with Crippen LogP contribution in [0.3, 0.4) is 0 Å². The SMILES string of the molecule is CCOC(=O)c1sc(NC(=O)c2cc(-c3ccc(OC)cc3)nc3ccccc23)nc1C. The molecule has 0 saturated heterocycles. The minimum atomic E-state index is -0.445. The molecule has 1 N–H and O–H groups in total. The largest absolute Gasteiger partial charge is 0.497 e. The summed E-state index contributed by atoms with van der Waals surface area (Å²) in [5, 5.41) is 3.88. The van der Waals surface area contributed by atoms with Crippen molar-refractivity contribution >= 4 is 39.2 Å². The lowest BCUT2D eigenvalue weighted by Gasteiger charge is -2.10. The Balaban J connectivity index is 1.70. The fraction of sp³-hybridized carbons (Fsp3) is 0.167. The number of aryl methyl sites for hydroxylation is 1. The highest BCUT2D eigenvalue weighted by Crippen LogP contribution is 2.28. The van der Waals surface area contributed by atoms with Crippen molar-refractivity contribution in [2.24, 2.45) is 0 Å². The zero-order valence-electron chi connectivity index (χ0n) is 17.8. The van der Waals surface area contributed by atoms with Crippen LogP contribution in [-0.4, -0.2) is 35.6 Å². The highest BCUT2D eigenvalue weighted by molar-refractivity contribution is 7.17. The van der Waals surface area contributed by atoms with Crippen LogP contribution in [0.25, 0.3) is 22.2 Å². The molecule has 0 aliphatic carbocycles. The molecule has 0 radical (unpaired) electrons. The van der Waals surface area contributed by atoms with Crippen LogP contribution in [0.2, 0.25) is 0 Å². The van der Waals surface area contributed by atoms with Gasteiger partial charge in [-0.25, -0.2) is 14.8 Å². The van der Waals surface area contributed by atoms with E-state index < -0.39 is 5.97 Å². The Kier molecular flexibility index (Phi) is 6.13. The van der Waals surface area contributed by atoms with Gasteiger partial charge in [0.1, 0.15) is 10.6 Å². The first-order valence-electron chi connectivity index (χ1n) is 10.00. The Labute approximate surface area is 189 Å². The van der Waals surface area contributed by atoms with Crippen molar-refractivity contribution in [3.8, 4) is 17.0 Å². The lowest BCUT2D eigenvalue weighted by Crippen LogP contribution is -2.13. The van der Waals surface area contributed by atoms with Crippen LogP contribution in [0.5, 0.6) is 5.75 Å². The van der Waals surface area contributed by atoms with Crippen molar-refractivity contribution in [3.05, 3.63) is 70.7 Å². The number of nitrogens with zero attached hydrogens (tertiary/aromatic N) is 2. The van der Waals surface area contributed by atoms with Crippen molar-refractivity contribution in [3.63, 3.8) is 0 Å². The number of fused-ring (bicyclic) bond motifs is 1. The Morgan fingerprint density at radius 3 is 2.53 bits per heavy atom. The monoisotopic (exact) mass is 447 g/mol. The average Bonchev–Trinajstić information content (AvgIpc) is 3.18. The summed E-state index contributed by atoms with van der Waals surface area (Å²) < 4.78 is 10.3. The van der Waals surface area contributed by atoms with Gasteiger partial charge in [-0.15, -0.1) is 0 Å². The molecule has 0 aliphatic rings. The van der Waals surface area contributed by atoms with Gasteiger partial charge < -0.3 is 9.47 Å². The number of thiazole rings is 1. The number of pyridine rings is 1. The number of methoxy groups -OCH3 is 1. The van der Waals surface area contributed by atoms with E-state index in [0.717, 1.165) is 28.0 Å². The van der Waals surface area contributed by atoms with Crippen molar-refractivity contribution in [1.29, 1.82) is 0 Å². The van der Waals surface area contributed by atoms with E-state index in [1.54, 1.807) is 27.0 Å². The average molecular weight is 448 g/mol. The number of hydrogen-bond donors (Lipinski definition) is 1. The van der Waals surface area contributed by atoms with E-state index in [-0.39, 0.29) is 12.5 Å². The maximum Gasteiger partial charge on any atom is 0.350 e. The predicted octanol–water partition coefficient (Wildman–Crippen LogP) is 5.10. The van der Waals surface area contributed by atoms with E-state index in [0.29, 0.717) is 32.5 Å². The molecule has 0 saturated carbocycles. The molecule has 0 aliphatic heterocycles. The lowest BCUT2D eigenvalue weighted by molar-refractivity contribution is 0.0531. The highest BCUT2D eigenvalue weighted by atomic mass is 32.1. The van der Waals surface area contributed by atoms with Crippen LogP contribution in [0, 0.1) is 6.92 Å². The van der Waals surface area contributed by atoms with Crippen LogP contribution >= 0.6 is 11.3 Å². The lowest BCUT2D eigenvalue weighted by atomic mass is 10.0. The Morgan fingerprint density at radius 2 is 1.81 bits per heavy atom. The number of ether oxygens (including phenoxy) is 2. The van der Waals surface area contributed by atoms with Gasteiger partial charge in [0.15, 0.2) is 5.13 Å². The van der Waals surface area contributed by atoms with Crippen LogP contribution in [0.4, 0.5) is 5.13 Å². The molecule has 1 amide bonds. The summed E-state index contributed by atoms with van der Waals surface area (Å²) in [5.74, 6) is -0.0364. The molecule has 2 aromatic carbocycles. The summed E-state index contributed by atoms with van der Waals surface area (Å²) in [4.78, 5) is 34.7. The number of amides is 1. The fourth-order valence-electron chi connectivity index (χ4n) is 3.27. The number of carbonyl (C=O) groups is 2. The van der Waals surface area contributed by atoms with E-state index in [4.69, 9.17) is 14.5 Å². The number of rotatable bonds is 6. The third-order valence-corrected chi connectivity index (χ3v) is 5.88. The summed E-state index contributed by atoms with van der Waals surface area (Å²) in [6.07, 6.45) is 0. The molecule has 0 atom stereocenters. The van der Waals surface area contributed by atoms with Gasteiger partial charge in [0.2, 0.25) is 0 Å². The molecule has 0 spiro atoms. The molecule has 0 fully saturated rings. The maximum atomic E-state index is 13.2. The molecule has 0 bridgehead atoms. The Morgan fingerprint density at radius 1 is 1.06 bits per heavy atom. The van der Waals surface area contributed by atoms with Gasteiger partial charge in [0.25, 0.3) is 5.91 Å². The second kappa shape index (κ2) is 9.15. The molecule has 4 rings (SSSR count). The summed E-state index contributed by atoms with van der Waals surface area (Å²) >= 11 is 1.09. The van der Waals surface area contributed by atoms with Crippen LogP contribution in [0.15, 0.2) is 54.6 Å². The minimum absolute atomic E-state index is 0.273. The standard InChI is InChI=1S/C24H21N3O4S/c1-4-31-23(29)21-14(2)25-24(32-21)27-22(28)18-13-20(15-9-11-16(30-3)12-10-15)26-19-8-6-5-7-17(18)19/h5-13H,4H2,1-3H3,(H,25,27,28). The van der Waals surface area contributed by atoms with Crippen molar-refractivity contribution < 1.29 is 19.1 Å². The Hall–Kier alpha value is -3.78. The van der Waals surface area contributed by atoms with Crippen molar-refractivity contribution in [2.45, 2.75) is 13.8 Å². The summed E-state index contributed by atoms with van der Waals surface area (Å²) in [7, 11) is 1.61. The van der Waals surface area contributed by atoms with Gasteiger partial charge in [-0.1, -0.05) is 29.5 Å². The first kappa shape index (κ1) is 21.5. The molecule has 0 unspecified atom stereocenters. The van der Waals surface area contributed by atoms with Crippen LogP contribution < -0.4 is 10.1 Å². The van der Waals surface area contributed by atoms with Crippen molar-refractivity contribution in [1.82, 2.24) is 9.97 Å². The zero-order valence-corrected chi connectivity index (χ0v) is 18.7.